The minimum atomic E-state index is 0.717. The van der Waals surface area contributed by atoms with E-state index in [2.05, 4.69) is 43.3 Å². The number of hydrogen-bond acceptors (Lipinski definition) is 3. The quantitative estimate of drug-likeness (QED) is 0.643. The molecule has 0 aliphatic heterocycles. The highest BCUT2D eigenvalue weighted by Gasteiger charge is 2.18. The molecule has 0 amide bonds. The van der Waals surface area contributed by atoms with Crippen LogP contribution in [0, 0.1) is 25.7 Å². The zero-order valence-corrected chi connectivity index (χ0v) is 15.2. The van der Waals surface area contributed by atoms with Crippen molar-refractivity contribution in [1.82, 2.24) is 15.6 Å². The molecule has 0 aromatic carbocycles. The fourth-order valence-electron chi connectivity index (χ4n) is 2.99. The van der Waals surface area contributed by atoms with Gasteiger partial charge >= 0.3 is 0 Å². The van der Waals surface area contributed by atoms with Crippen molar-refractivity contribution in [3.05, 3.63) is 15.6 Å². The summed E-state index contributed by atoms with van der Waals surface area (Å²) in [5, 5.41) is 8.00. The molecule has 4 nitrogen and oxygen atoms in total. The lowest BCUT2D eigenvalue weighted by Crippen LogP contribution is -2.40. The van der Waals surface area contributed by atoms with Gasteiger partial charge in [-0.1, -0.05) is 19.8 Å². The summed E-state index contributed by atoms with van der Waals surface area (Å²) in [5.74, 6) is 2.65. The van der Waals surface area contributed by atoms with Crippen molar-refractivity contribution >= 4 is 17.3 Å². The SMILES string of the molecule is CCNC(=NCc1sc(C)nc1C)NCC1CCC(C)CC1. The van der Waals surface area contributed by atoms with Gasteiger partial charge in [-0.15, -0.1) is 11.3 Å². The van der Waals surface area contributed by atoms with Gasteiger partial charge in [0.25, 0.3) is 0 Å². The third-order valence-electron chi connectivity index (χ3n) is 4.42. The normalized spacial score (nSPS) is 22.6. The summed E-state index contributed by atoms with van der Waals surface area (Å²) in [4.78, 5) is 10.5. The molecule has 2 N–H and O–H groups in total. The van der Waals surface area contributed by atoms with Gasteiger partial charge in [0.15, 0.2) is 5.96 Å². The fourth-order valence-corrected chi connectivity index (χ4v) is 3.85. The van der Waals surface area contributed by atoms with Crippen molar-refractivity contribution < 1.29 is 0 Å². The molecule has 0 bridgehead atoms. The van der Waals surface area contributed by atoms with Crippen LogP contribution in [0.15, 0.2) is 4.99 Å². The first kappa shape index (κ1) is 17.3. The lowest BCUT2D eigenvalue weighted by atomic mass is 9.83. The maximum absolute atomic E-state index is 4.72. The highest BCUT2D eigenvalue weighted by molar-refractivity contribution is 7.11. The molecule has 5 heteroatoms. The van der Waals surface area contributed by atoms with Crippen LogP contribution in [0.4, 0.5) is 0 Å². The number of hydrogen-bond donors (Lipinski definition) is 2. The maximum atomic E-state index is 4.72. The van der Waals surface area contributed by atoms with Gasteiger partial charge in [0, 0.05) is 18.0 Å². The smallest absolute Gasteiger partial charge is 0.191 e. The highest BCUT2D eigenvalue weighted by atomic mass is 32.1. The van der Waals surface area contributed by atoms with Crippen molar-refractivity contribution in [3.63, 3.8) is 0 Å². The Morgan fingerprint density at radius 1 is 1.23 bits per heavy atom. The number of nitrogens with zero attached hydrogens (tertiary/aromatic N) is 2. The zero-order chi connectivity index (χ0) is 15.9. The Kier molecular flexibility index (Phi) is 6.68. The first-order valence-corrected chi connectivity index (χ1v) is 9.35. The van der Waals surface area contributed by atoms with Crippen molar-refractivity contribution in [2.45, 2.75) is 59.9 Å². The zero-order valence-electron chi connectivity index (χ0n) is 14.4. The van der Waals surface area contributed by atoms with Crippen LogP contribution in [-0.2, 0) is 6.54 Å². The van der Waals surface area contributed by atoms with Crippen molar-refractivity contribution in [1.29, 1.82) is 0 Å². The van der Waals surface area contributed by atoms with Gasteiger partial charge < -0.3 is 10.6 Å². The van der Waals surface area contributed by atoms with E-state index in [0.29, 0.717) is 6.54 Å². The van der Waals surface area contributed by atoms with E-state index < -0.39 is 0 Å². The molecule has 2 rings (SSSR count). The van der Waals surface area contributed by atoms with Gasteiger partial charge in [-0.05, 0) is 45.4 Å². The minimum Gasteiger partial charge on any atom is -0.357 e. The van der Waals surface area contributed by atoms with Gasteiger partial charge in [-0.2, -0.15) is 0 Å². The van der Waals surface area contributed by atoms with Crippen LogP contribution in [0.1, 0.15) is 55.1 Å². The molecule has 1 aliphatic carbocycles. The van der Waals surface area contributed by atoms with Crippen LogP contribution < -0.4 is 10.6 Å². The van der Waals surface area contributed by atoms with E-state index >= 15 is 0 Å². The number of rotatable bonds is 5. The van der Waals surface area contributed by atoms with Crippen LogP contribution in [-0.4, -0.2) is 24.0 Å². The number of thiazole rings is 1. The van der Waals surface area contributed by atoms with E-state index in [9.17, 15) is 0 Å². The highest BCUT2D eigenvalue weighted by Crippen LogP contribution is 2.27. The third kappa shape index (κ3) is 5.27. The van der Waals surface area contributed by atoms with Gasteiger partial charge in [-0.25, -0.2) is 9.98 Å². The molecular formula is C17H30N4S. The largest absolute Gasteiger partial charge is 0.357 e. The molecule has 1 aromatic heterocycles. The van der Waals surface area contributed by atoms with Crippen LogP contribution in [0.5, 0.6) is 0 Å². The maximum Gasteiger partial charge on any atom is 0.191 e. The minimum absolute atomic E-state index is 0.717. The van der Waals surface area contributed by atoms with Crippen molar-refractivity contribution in [2.24, 2.45) is 16.8 Å². The number of aromatic nitrogens is 1. The predicted octanol–water partition coefficient (Wildman–Crippen LogP) is 3.64. The first-order chi connectivity index (χ1) is 10.6. The van der Waals surface area contributed by atoms with Crippen LogP contribution >= 0.6 is 11.3 Å². The Labute approximate surface area is 138 Å². The molecule has 1 heterocycles. The molecule has 22 heavy (non-hydrogen) atoms. The molecular weight excluding hydrogens is 292 g/mol. The van der Waals surface area contributed by atoms with Gasteiger partial charge in [0.1, 0.15) is 0 Å². The van der Waals surface area contributed by atoms with Gasteiger partial charge in [0.2, 0.25) is 0 Å². The second kappa shape index (κ2) is 8.51. The third-order valence-corrected chi connectivity index (χ3v) is 5.48. The molecule has 0 atom stereocenters. The molecule has 1 aromatic rings. The molecule has 0 saturated heterocycles. The Balaban J connectivity index is 1.86. The predicted molar refractivity (Wildman–Crippen MR) is 95.5 cm³/mol. The second-order valence-electron chi connectivity index (χ2n) is 6.44. The van der Waals surface area contributed by atoms with Crippen molar-refractivity contribution in [2.75, 3.05) is 13.1 Å². The summed E-state index contributed by atoms with van der Waals surface area (Å²) in [5.41, 5.74) is 1.11. The summed E-state index contributed by atoms with van der Waals surface area (Å²) in [6, 6.07) is 0. The van der Waals surface area contributed by atoms with Gasteiger partial charge in [-0.3, -0.25) is 0 Å². The monoisotopic (exact) mass is 322 g/mol. The Bertz CT molecular complexity index is 487. The van der Waals surface area contributed by atoms with E-state index in [-0.39, 0.29) is 0 Å². The summed E-state index contributed by atoms with van der Waals surface area (Å²) >= 11 is 1.75. The van der Waals surface area contributed by atoms with Crippen molar-refractivity contribution in [3.8, 4) is 0 Å². The van der Waals surface area contributed by atoms with E-state index in [1.165, 1.54) is 30.6 Å². The lowest BCUT2D eigenvalue weighted by Gasteiger charge is -2.26. The Hall–Kier alpha value is -1.10. The molecule has 124 valence electrons. The van der Waals surface area contributed by atoms with E-state index in [0.717, 1.165) is 41.6 Å². The molecule has 0 unspecified atom stereocenters. The van der Waals surface area contributed by atoms with E-state index in [1.807, 2.05) is 0 Å². The van der Waals surface area contributed by atoms with Crippen LogP contribution in [0.25, 0.3) is 0 Å². The summed E-state index contributed by atoms with van der Waals surface area (Å²) in [6.07, 6.45) is 5.44. The number of guanidine groups is 1. The molecule has 1 aliphatic rings. The summed E-state index contributed by atoms with van der Waals surface area (Å²) in [6.45, 7) is 11.3. The summed E-state index contributed by atoms with van der Waals surface area (Å²) in [7, 11) is 0. The number of aliphatic imine (C=N–C) groups is 1. The topological polar surface area (TPSA) is 49.3 Å². The molecule has 0 spiro atoms. The van der Waals surface area contributed by atoms with E-state index in [1.54, 1.807) is 11.3 Å². The molecule has 1 saturated carbocycles. The van der Waals surface area contributed by atoms with Crippen LogP contribution in [0.3, 0.4) is 0 Å². The fraction of sp³-hybridized carbons (Fsp3) is 0.765. The Morgan fingerprint density at radius 3 is 2.55 bits per heavy atom. The number of aryl methyl sites for hydroxylation is 2. The second-order valence-corrected chi connectivity index (χ2v) is 7.73. The standard InChI is InChI=1S/C17H30N4S/c1-5-18-17(19-10-15-8-6-12(2)7-9-15)20-11-16-13(3)21-14(4)22-16/h12,15H,5-11H2,1-4H3,(H2,18,19,20). The number of nitrogens with one attached hydrogen (secondary N) is 2. The van der Waals surface area contributed by atoms with Crippen LogP contribution in [0.2, 0.25) is 0 Å². The van der Waals surface area contributed by atoms with Gasteiger partial charge in [0.05, 0.1) is 17.2 Å². The Morgan fingerprint density at radius 2 is 1.95 bits per heavy atom. The summed E-state index contributed by atoms with van der Waals surface area (Å²) < 4.78 is 0. The average molecular weight is 323 g/mol. The lowest BCUT2D eigenvalue weighted by molar-refractivity contribution is 0.289. The molecule has 1 fully saturated rings. The average Bonchev–Trinajstić information content (AvgIpc) is 2.81. The van der Waals surface area contributed by atoms with E-state index in [4.69, 9.17) is 4.99 Å². The first-order valence-electron chi connectivity index (χ1n) is 8.53. The molecule has 0 radical (unpaired) electrons.